The average Bonchev–Trinajstić information content (AvgIpc) is 2.52. The maximum atomic E-state index is 13.1. The van der Waals surface area contributed by atoms with Crippen molar-refractivity contribution in [3.63, 3.8) is 0 Å². The smallest absolute Gasteiger partial charge is 0.124 e. The molecule has 0 radical (unpaired) electrons. The van der Waals surface area contributed by atoms with Gasteiger partial charge in [-0.15, -0.1) is 0 Å². The summed E-state index contributed by atoms with van der Waals surface area (Å²) < 4.78 is 13.1. The topological polar surface area (TPSA) is 15.3 Å². The van der Waals surface area contributed by atoms with Crippen LogP contribution < -0.4 is 10.2 Å². The molecule has 100 valence electrons. The van der Waals surface area contributed by atoms with Gasteiger partial charge in [0.2, 0.25) is 0 Å². The molecule has 0 aliphatic carbocycles. The minimum atomic E-state index is -0.282. The SMILES string of the molecule is CCC1(C)CN(c2ccc(F)cc2Cl)CCCN1. The van der Waals surface area contributed by atoms with E-state index in [9.17, 15) is 4.39 Å². The second kappa shape index (κ2) is 5.45. The Morgan fingerprint density at radius 3 is 2.94 bits per heavy atom. The molecule has 1 aromatic carbocycles. The molecule has 0 amide bonds. The highest BCUT2D eigenvalue weighted by Crippen LogP contribution is 2.29. The summed E-state index contributed by atoms with van der Waals surface area (Å²) in [6, 6.07) is 4.64. The third kappa shape index (κ3) is 2.96. The largest absolute Gasteiger partial charge is 0.368 e. The highest BCUT2D eigenvalue weighted by molar-refractivity contribution is 6.33. The molecule has 0 bridgehead atoms. The zero-order chi connectivity index (χ0) is 13.2. The third-order valence-corrected chi connectivity index (χ3v) is 4.03. The summed E-state index contributed by atoms with van der Waals surface area (Å²) in [5.41, 5.74) is 1.02. The summed E-state index contributed by atoms with van der Waals surface area (Å²) in [5, 5.41) is 4.08. The van der Waals surface area contributed by atoms with Crippen LogP contribution in [0.1, 0.15) is 26.7 Å². The molecule has 1 unspecified atom stereocenters. The number of benzene rings is 1. The number of nitrogens with one attached hydrogen (secondary N) is 1. The molecule has 0 spiro atoms. The quantitative estimate of drug-likeness (QED) is 0.886. The molecule has 1 fully saturated rings. The Bertz CT molecular complexity index is 424. The molecule has 1 heterocycles. The van der Waals surface area contributed by atoms with Crippen LogP contribution in [0.3, 0.4) is 0 Å². The predicted octanol–water partition coefficient (Wildman–Crippen LogP) is 3.45. The van der Waals surface area contributed by atoms with Gasteiger partial charge < -0.3 is 10.2 Å². The van der Waals surface area contributed by atoms with Crippen LogP contribution in [0.2, 0.25) is 5.02 Å². The first-order chi connectivity index (χ1) is 8.54. The van der Waals surface area contributed by atoms with Crippen LogP contribution in [0.25, 0.3) is 0 Å². The fourth-order valence-corrected chi connectivity index (χ4v) is 2.68. The van der Waals surface area contributed by atoms with E-state index in [4.69, 9.17) is 11.6 Å². The lowest BCUT2D eigenvalue weighted by Crippen LogP contribution is -2.48. The van der Waals surface area contributed by atoms with Crippen LogP contribution in [0.15, 0.2) is 18.2 Å². The van der Waals surface area contributed by atoms with Crippen molar-refractivity contribution < 1.29 is 4.39 Å². The van der Waals surface area contributed by atoms with Gasteiger partial charge in [-0.25, -0.2) is 4.39 Å². The minimum absolute atomic E-state index is 0.0915. The Hall–Kier alpha value is -0.800. The molecule has 1 aliphatic rings. The van der Waals surface area contributed by atoms with Gasteiger partial charge in [0.25, 0.3) is 0 Å². The molecule has 1 N–H and O–H groups in total. The van der Waals surface area contributed by atoms with Crippen molar-refractivity contribution >= 4 is 17.3 Å². The number of hydrogen-bond acceptors (Lipinski definition) is 2. The first kappa shape index (κ1) is 13.6. The van der Waals surface area contributed by atoms with Crippen molar-refractivity contribution in [2.45, 2.75) is 32.2 Å². The van der Waals surface area contributed by atoms with Gasteiger partial charge in [0.15, 0.2) is 0 Å². The molecule has 0 saturated carbocycles. The van der Waals surface area contributed by atoms with Gasteiger partial charge in [0, 0.05) is 18.6 Å². The number of nitrogens with zero attached hydrogens (tertiary/aromatic N) is 1. The normalized spacial score (nSPS) is 25.0. The Kier molecular flexibility index (Phi) is 4.13. The van der Waals surface area contributed by atoms with E-state index < -0.39 is 0 Å². The van der Waals surface area contributed by atoms with Gasteiger partial charge >= 0.3 is 0 Å². The van der Waals surface area contributed by atoms with Crippen molar-refractivity contribution in [1.29, 1.82) is 0 Å². The molecule has 1 aliphatic heterocycles. The van der Waals surface area contributed by atoms with Crippen molar-refractivity contribution in [3.8, 4) is 0 Å². The van der Waals surface area contributed by atoms with Crippen molar-refractivity contribution in [3.05, 3.63) is 29.0 Å². The van der Waals surface area contributed by atoms with Crippen molar-refractivity contribution in [2.24, 2.45) is 0 Å². The lowest BCUT2D eigenvalue weighted by atomic mass is 9.98. The maximum absolute atomic E-state index is 13.1. The van der Waals surface area contributed by atoms with Gasteiger partial charge in [0.05, 0.1) is 10.7 Å². The molecule has 1 aromatic rings. The molecular formula is C14H20ClFN2. The molecule has 18 heavy (non-hydrogen) atoms. The average molecular weight is 271 g/mol. The Balaban J connectivity index is 2.25. The van der Waals surface area contributed by atoms with Crippen molar-refractivity contribution in [2.75, 3.05) is 24.5 Å². The van der Waals surface area contributed by atoms with E-state index in [1.807, 2.05) is 0 Å². The monoisotopic (exact) mass is 270 g/mol. The van der Waals surface area contributed by atoms with Crippen LogP contribution in [-0.4, -0.2) is 25.2 Å². The highest BCUT2D eigenvalue weighted by Gasteiger charge is 2.27. The van der Waals surface area contributed by atoms with E-state index in [0.717, 1.165) is 38.2 Å². The predicted molar refractivity (Wildman–Crippen MR) is 74.9 cm³/mol. The second-order valence-corrected chi connectivity index (χ2v) is 5.62. The van der Waals surface area contributed by atoms with Crippen LogP contribution in [-0.2, 0) is 0 Å². The molecular weight excluding hydrogens is 251 g/mol. The van der Waals surface area contributed by atoms with E-state index in [1.54, 1.807) is 6.07 Å². The first-order valence-electron chi connectivity index (χ1n) is 6.49. The molecule has 2 rings (SSSR count). The van der Waals surface area contributed by atoms with Crippen LogP contribution in [0.4, 0.5) is 10.1 Å². The fourth-order valence-electron chi connectivity index (χ4n) is 2.40. The van der Waals surface area contributed by atoms with Gasteiger partial charge in [-0.2, -0.15) is 0 Å². The molecule has 2 nitrogen and oxygen atoms in total. The second-order valence-electron chi connectivity index (χ2n) is 5.21. The Morgan fingerprint density at radius 2 is 2.28 bits per heavy atom. The number of rotatable bonds is 2. The van der Waals surface area contributed by atoms with E-state index in [1.165, 1.54) is 12.1 Å². The summed E-state index contributed by atoms with van der Waals surface area (Å²) >= 11 is 6.15. The third-order valence-electron chi connectivity index (χ3n) is 3.73. The van der Waals surface area contributed by atoms with E-state index in [-0.39, 0.29) is 11.4 Å². The molecule has 4 heteroatoms. The summed E-state index contributed by atoms with van der Waals surface area (Å²) in [7, 11) is 0. The van der Waals surface area contributed by atoms with Gasteiger partial charge in [-0.3, -0.25) is 0 Å². The number of halogens is 2. The summed E-state index contributed by atoms with van der Waals surface area (Å²) in [5.74, 6) is -0.282. The highest BCUT2D eigenvalue weighted by atomic mass is 35.5. The zero-order valence-electron chi connectivity index (χ0n) is 11.0. The van der Waals surface area contributed by atoms with Crippen LogP contribution in [0.5, 0.6) is 0 Å². The lowest BCUT2D eigenvalue weighted by molar-refractivity contribution is 0.366. The number of anilines is 1. The standard InChI is InChI=1S/C14H20ClFN2/c1-3-14(2)10-18(8-4-7-17-14)13-6-5-11(16)9-12(13)15/h5-6,9,17H,3-4,7-8,10H2,1-2H3. The van der Waals surface area contributed by atoms with Crippen molar-refractivity contribution in [1.82, 2.24) is 5.32 Å². The maximum Gasteiger partial charge on any atom is 0.124 e. The molecule has 0 aromatic heterocycles. The van der Waals surface area contributed by atoms with Crippen LogP contribution >= 0.6 is 11.6 Å². The summed E-state index contributed by atoms with van der Waals surface area (Å²) in [6.45, 7) is 7.27. The van der Waals surface area contributed by atoms with E-state index >= 15 is 0 Å². The van der Waals surface area contributed by atoms with Gasteiger partial charge in [-0.1, -0.05) is 18.5 Å². The molecule has 1 saturated heterocycles. The van der Waals surface area contributed by atoms with Gasteiger partial charge in [-0.05, 0) is 44.5 Å². The van der Waals surface area contributed by atoms with Gasteiger partial charge in [0.1, 0.15) is 5.82 Å². The summed E-state index contributed by atoms with van der Waals surface area (Å²) in [6.07, 6.45) is 2.13. The number of hydrogen-bond donors (Lipinski definition) is 1. The first-order valence-corrected chi connectivity index (χ1v) is 6.87. The Morgan fingerprint density at radius 1 is 1.50 bits per heavy atom. The van der Waals surface area contributed by atoms with Crippen LogP contribution in [0, 0.1) is 5.82 Å². The Labute approximate surface area is 113 Å². The minimum Gasteiger partial charge on any atom is -0.368 e. The van der Waals surface area contributed by atoms with E-state index in [2.05, 4.69) is 24.1 Å². The zero-order valence-corrected chi connectivity index (χ0v) is 11.7. The fraction of sp³-hybridized carbons (Fsp3) is 0.571. The molecule has 1 atom stereocenters. The lowest BCUT2D eigenvalue weighted by Gasteiger charge is -2.34. The van der Waals surface area contributed by atoms with E-state index in [0.29, 0.717) is 5.02 Å². The summed E-state index contributed by atoms with van der Waals surface area (Å²) in [4.78, 5) is 2.26.